The second kappa shape index (κ2) is 10.5. The lowest BCUT2D eigenvalue weighted by Gasteiger charge is -2.27. The molecule has 2 heterocycles. The molecule has 2 aliphatic rings. The third-order valence-electron chi connectivity index (χ3n) is 4.11. The largest absolute Gasteiger partial charge is 0.314 e. The molecule has 0 bridgehead atoms. The van der Waals surface area contributed by atoms with E-state index >= 15 is 0 Å². The van der Waals surface area contributed by atoms with Crippen LogP contribution in [0.25, 0.3) is 0 Å². The summed E-state index contributed by atoms with van der Waals surface area (Å²) in [5.74, 6) is 0. The summed E-state index contributed by atoms with van der Waals surface area (Å²) in [5, 5.41) is 13.8. The van der Waals surface area contributed by atoms with E-state index in [1.807, 2.05) is 0 Å². The van der Waals surface area contributed by atoms with E-state index in [2.05, 4.69) is 31.1 Å². The van der Waals surface area contributed by atoms with Gasteiger partial charge in [0.05, 0.1) is 0 Å². The minimum Gasteiger partial charge on any atom is -0.314 e. The third kappa shape index (κ3) is 6.97. The molecule has 118 valence electrons. The molecule has 0 saturated carbocycles. The molecule has 2 fully saturated rings. The van der Waals surface area contributed by atoms with Gasteiger partial charge in [-0.2, -0.15) is 0 Å². The molecule has 2 rings (SSSR count). The average molecular weight is 284 g/mol. The number of hydrogen-bond donors (Lipinski definition) is 4. The normalized spacial score (nSPS) is 22.2. The van der Waals surface area contributed by atoms with Gasteiger partial charge in [-0.05, 0) is 0 Å². The molecule has 0 spiro atoms. The lowest BCUT2D eigenvalue weighted by atomic mass is 10.3. The monoisotopic (exact) mass is 284 g/mol. The average Bonchev–Trinajstić information content (AvgIpc) is 2.52. The van der Waals surface area contributed by atoms with Gasteiger partial charge in [0.1, 0.15) is 0 Å². The van der Waals surface area contributed by atoms with E-state index in [0.717, 1.165) is 52.4 Å². The fourth-order valence-electron chi connectivity index (χ4n) is 2.77. The van der Waals surface area contributed by atoms with Crippen LogP contribution in [-0.2, 0) is 0 Å². The van der Waals surface area contributed by atoms with Crippen LogP contribution in [0.3, 0.4) is 0 Å². The van der Waals surface area contributed by atoms with Crippen molar-refractivity contribution >= 4 is 0 Å². The predicted molar refractivity (Wildman–Crippen MR) is 84.4 cm³/mol. The maximum absolute atomic E-state index is 3.52. The lowest BCUT2D eigenvalue weighted by Crippen LogP contribution is -2.47. The van der Waals surface area contributed by atoms with Gasteiger partial charge in [-0.3, -0.25) is 9.80 Å². The van der Waals surface area contributed by atoms with Crippen LogP contribution in [0.5, 0.6) is 0 Å². The fourth-order valence-corrected chi connectivity index (χ4v) is 2.77. The van der Waals surface area contributed by atoms with Crippen LogP contribution < -0.4 is 21.3 Å². The van der Waals surface area contributed by atoms with E-state index in [1.54, 1.807) is 0 Å². The Balaban J connectivity index is 1.33. The highest BCUT2D eigenvalue weighted by Crippen LogP contribution is 1.90. The Morgan fingerprint density at radius 1 is 0.600 bits per heavy atom. The van der Waals surface area contributed by atoms with Gasteiger partial charge in [0.15, 0.2) is 0 Å². The first-order valence-corrected chi connectivity index (χ1v) is 8.23. The molecule has 2 aliphatic heterocycles. The zero-order chi connectivity index (χ0) is 13.9. The molecule has 6 nitrogen and oxygen atoms in total. The van der Waals surface area contributed by atoms with Crippen molar-refractivity contribution in [2.45, 2.75) is 0 Å². The topological polar surface area (TPSA) is 54.6 Å². The van der Waals surface area contributed by atoms with Crippen LogP contribution in [0.15, 0.2) is 0 Å². The Morgan fingerprint density at radius 3 is 1.40 bits per heavy atom. The van der Waals surface area contributed by atoms with Crippen LogP contribution in [0.1, 0.15) is 0 Å². The maximum Gasteiger partial charge on any atom is 0.0108 e. The van der Waals surface area contributed by atoms with Crippen LogP contribution in [0, 0.1) is 0 Å². The highest BCUT2D eigenvalue weighted by molar-refractivity contribution is 4.69. The quantitative estimate of drug-likeness (QED) is 0.367. The zero-order valence-corrected chi connectivity index (χ0v) is 12.8. The summed E-state index contributed by atoms with van der Waals surface area (Å²) in [5.41, 5.74) is 0. The van der Waals surface area contributed by atoms with Gasteiger partial charge in [-0.15, -0.1) is 0 Å². The molecular formula is C14H32N6. The van der Waals surface area contributed by atoms with Gasteiger partial charge in [0.2, 0.25) is 0 Å². The van der Waals surface area contributed by atoms with Crippen LogP contribution in [0.2, 0.25) is 0 Å². The molecule has 0 radical (unpaired) electrons. The summed E-state index contributed by atoms with van der Waals surface area (Å²) in [6, 6.07) is 0. The van der Waals surface area contributed by atoms with Crippen LogP contribution in [0.4, 0.5) is 0 Å². The van der Waals surface area contributed by atoms with E-state index in [1.165, 1.54) is 39.3 Å². The molecule has 2 saturated heterocycles. The standard InChI is InChI=1S/C14H32N6/c1(15-3-9-19-11-5-17-6-12-19)2-16-4-10-20-13-7-18-8-14-20/h15-18H,1-14H2. The van der Waals surface area contributed by atoms with Gasteiger partial charge in [-0.1, -0.05) is 0 Å². The van der Waals surface area contributed by atoms with Gasteiger partial charge in [0, 0.05) is 91.6 Å². The second-order valence-corrected chi connectivity index (χ2v) is 5.68. The van der Waals surface area contributed by atoms with E-state index in [-0.39, 0.29) is 0 Å². The van der Waals surface area contributed by atoms with Gasteiger partial charge in [-0.25, -0.2) is 0 Å². The fraction of sp³-hybridized carbons (Fsp3) is 1.00. The molecule has 4 N–H and O–H groups in total. The smallest absolute Gasteiger partial charge is 0.0108 e. The summed E-state index contributed by atoms with van der Waals surface area (Å²) in [6.45, 7) is 16.1. The Kier molecular flexibility index (Phi) is 8.46. The molecule has 20 heavy (non-hydrogen) atoms. The molecular weight excluding hydrogens is 252 g/mol. The summed E-state index contributed by atoms with van der Waals surface area (Å²) in [4.78, 5) is 5.06. The molecule has 0 amide bonds. The highest BCUT2D eigenvalue weighted by atomic mass is 15.2. The summed E-state index contributed by atoms with van der Waals surface area (Å²) in [6.07, 6.45) is 0. The van der Waals surface area contributed by atoms with Crippen molar-refractivity contribution in [3.8, 4) is 0 Å². The first kappa shape index (κ1) is 16.1. The van der Waals surface area contributed by atoms with Crippen molar-refractivity contribution in [3.63, 3.8) is 0 Å². The summed E-state index contributed by atoms with van der Waals surface area (Å²) >= 11 is 0. The van der Waals surface area contributed by atoms with E-state index in [4.69, 9.17) is 0 Å². The molecule has 0 aliphatic carbocycles. The van der Waals surface area contributed by atoms with Crippen LogP contribution >= 0.6 is 0 Å². The molecule has 0 atom stereocenters. The third-order valence-corrected chi connectivity index (χ3v) is 4.11. The predicted octanol–water partition coefficient (Wildman–Crippen LogP) is -2.02. The van der Waals surface area contributed by atoms with Crippen molar-refractivity contribution in [1.29, 1.82) is 0 Å². The molecule has 0 aromatic rings. The number of piperazine rings is 2. The minimum absolute atomic E-state index is 1.08. The Bertz CT molecular complexity index is 202. The lowest BCUT2D eigenvalue weighted by molar-refractivity contribution is 0.238. The first-order valence-electron chi connectivity index (χ1n) is 8.23. The van der Waals surface area contributed by atoms with Crippen molar-refractivity contribution < 1.29 is 0 Å². The second-order valence-electron chi connectivity index (χ2n) is 5.68. The number of hydrogen-bond acceptors (Lipinski definition) is 6. The first-order chi connectivity index (χ1) is 9.95. The molecule has 0 unspecified atom stereocenters. The summed E-state index contributed by atoms with van der Waals surface area (Å²) < 4.78 is 0. The Morgan fingerprint density at radius 2 is 1.00 bits per heavy atom. The van der Waals surface area contributed by atoms with Crippen LogP contribution in [-0.4, -0.2) is 101 Å². The Hall–Kier alpha value is -0.240. The number of nitrogens with one attached hydrogen (secondary N) is 4. The maximum atomic E-state index is 3.52. The van der Waals surface area contributed by atoms with Gasteiger partial charge in [0.25, 0.3) is 0 Å². The zero-order valence-electron chi connectivity index (χ0n) is 12.8. The summed E-state index contributed by atoms with van der Waals surface area (Å²) in [7, 11) is 0. The van der Waals surface area contributed by atoms with E-state index in [0.29, 0.717) is 0 Å². The van der Waals surface area contributed by atoms with Crippen molar-refractivity contribution in [1.82, 2.24) is 31.1 Å². The molecule has 0 aromatic heterocycles. The minimum atomic E-state index is 1.08. The van der Waals surface area contributed by atoms with Crippen molar-refractivity contribution in [3.05, 3.63) is 0 Å². The number of rotatable bonds is 9. The van der Waals surface area contributed by atoms with E-state index < -0.39 is 0 Å². The molecule has 0 aromatic carbocycles. The number of nitrogens with zero attached hydrogens (tertiary/aromatic N) is 2. The van der Waals surface area contributed by atoms with Crippen molar-refractivity contribution in [2.75, 3.05) is 91.6 Å². The van der Waals surface area contributed by atoms with Gasteiger partial charge >= 0.3 is 0 Å². The van der Waals surface area contributed by atoms with E-state index in [9.17, 15) is 0 Å². The highest BCUT2D eigenvalue weighted by Gasteiger charge is 2.08. The SMILES string of the molecule is C(CNCCN1CCNCC1)NCCN1CCNCC1. The Labute approximate surface area is 123 Å². The van der Waals surface area contributed by atoms with Crippen molar-refractivity contribution in [2.24, 2.45) is 0 Å². The molecule has 6 heteroatoms. The van der Waals surface area contributed by atoms with Gasteiger partial charge < -0.3 is 21.3 Å².